The van der Waals surface area contributed by atoms with E-state index in [1.807, 2.05) is 0 Å². The van der Waals surface area contributed by atoms with Gasteiger partial charge in [0.2, 0.25) is 0 Å². The van der Waals surface area contributed by atoms with E-state index in [1.165, 1.54) is 23.1 Å². The van der Waals surface area contributed by atoms with Crippen molar-refractivity contribution in [3.8, 4) is 5.69 Å². The minimum Gasteiger partial charge on any atom is -0.347 e. The third kappa shape index (κ3) is 3.56. The zero-order valence-corrected chi connectivity index (χ0v) is 11.9. The van der Waals surface area contributed by atoms with E-state index in [4.69, 9.17) is 0 Å². The highest BCUT2D eigenvalue weighted by Crippen LogP contribution is 2.07. The third-order valence-corrected chi connectivity index (χ3v) is 3.18. The van der Waals surface area contributed by atoms with Crippen molar-refractivity contribution in [1.82, 2.24) is 25.6 Å². The van der Waals surface area contributed by atoms with Gasteiger partial charge in [0.25, 0.3) is 5.91 Å². The Kier molecular flexibility index (Phi) is 4.87. The number of halogens is 2. The molecule has 0 spiro atoms. The quantitative estimate of drug-likeness (QED) is 0.884. The van der Waals surface area contributed by atoms with Gasteiger partial charge in [-0.05, 0) is 37.2 Å². The molecule has 6 nitrogen and oxygen atoms in total. The summed E-state index contributed by atoms with van der Waals surface area (Å²) in [6, 6.07) is 5.89. The normalized spacial score (nSPS) is 17.3. The van der Waals surface area contributed by atoms with Gasteiger partial charge < -0.3 is 10.6 Å². The van der Waals surface area contributed by atoms with E-state index in [1.54, 1.807) is 12.1 Å². The standard InChI is InChI=1S/C13H14FN5O.ClH/c14-9-1-3-11(4-2-9)19-16-8-12(18-19)13(20)17-10-5-6-15-7-10;/h1-4,8,10,15H,5-7H2,(H,17,20);1H. The fourth-order valence-corrected chi connectivity index (χ4v) is 2.10. The average molecular weight is 312 g/mol. The molecular weight excluding hydrogens is 297 g/mol. The van der Waals surface area contributed by atoms with Gasteiger partial charge in [-0.3, -0.25) is 4.79 Å². The number of nitrogens with zero attached hydrogens (tertiary/aromatic N) is 3. The molecule has 1 fully saturated rings. The number of carbonyl (C=O) groups excluding carboxylic acids is 1. The number of aromatic nitrogens is 3. The van der Waals surface area contributed by atoms with Crippen molar-refractivity contribution in [3.05, 3.63) is 42.0 Å². The number of rotatable bonds is 3. The van der Waals surface area contributed by atoms with E-state index in [0.29, 0.717) is 5.69 Å². The van der Waals surface area contributed by atoms with Crippen LogP contribution >= 0.6 is 12.4 Å². The molecule has 1 atom stereocenters. The summed E-state index contributed by atoms with van der Waals surface area (Å²) in [6.07, 6.45) is 2.32. The largest absolute Gasteiger partial charge is 0.347 e. The summed E-state index contributed by atoms with van der Waals surface area (Å²) in [4.78, 5) is 13.3. The molecule has 3 rings (SSSR count). The number of hydrogen-bond acceptors (Lipinski definition) is 4. The van der Waals surface area contributed by atoms with Crippen molar-refractivity contribution in [2.75, 3.05) is 13.1 Å². The lowest BCUT2D eigenvalue weighted by molar-refractivity contribution is 0.0934. The van der Waals surface area contributed by atoms with Crippen LogP contribution < -0.4 is 10.6 Å². The summed E-state index contributed by atoms with van der Waals surface area (Å²) >= 11 is 0. The molecule has 0 aliphatic carbocycles. The Labute approximate surface area is 127 Å². The van der Waals surface area contributed by atoms with Crippen LogP contribution in [0, 0.1) is 5.82 Å². The highest BCUT2D eigenvalue weighted by atomic mass is 35.5. The fourth-order valence-electron chi connectivity index (χ4n) is 2.10. The van der Waals surface area contributed by atoms with Crippen LogP contribution in [0.1, 0.15) is 16.9 Å². The predicted molar refractivity (Wildman–Crippen MR) is 77.3 cm³/mol. The van der Waals surface area contributed by atoms with E-state index >= 15 is 0 Å². The molecule has 8 heteroatoms. The van der Waals surface area contributed by atoms with Gasteiger partial charge >= 0.3 is 0 Å². The van der Waals surface area contributed by atoms with Gasteiger partial charge in [-0.25, -0.2) is 4.39 Å². The summed E-state index contributed by atoms with van der Waals surface area (Å²) in [7, 11) is 0. The number of carbonyl (C=O) groups is 1. The van der Waals surface area contributed by atoms with Gasteiger partial charge in [0, 0.05) is 12.6 Å². The van der Waals surface area contributed by atoms with Gasteiger partial charge in [-0.1, -0.05) is 0 Å². The van der Waals surface area contributed by atoms with E-state index < -0.39 is 0 Å². The van der Waals surface area contributed by atoms with Crippen molar-refractivity contribution in [3.63, 3.8) is 0 Å². The maximum absolute atomic E-state index is 12.8. The first-order valence-electron chi connectivity index (χ1n) is 6.42. The Balaban J connectivity index is 0.00000161. The van der Waals surface area contributed by atoms with Gasteiger partial charge in [-0.2, -0.15) is 9.90 Å². The first-order valence-corrected chi connectivity index (χ1v) is 6.42. The zero-order chi connectivity index (χ0) is 13.9. The monoisotopic (exact) mass is 311 g/mol. The first kappa shape index (κ1) is 15.4. The van der Waals surface area contributed by atoms with Crippen molar-refractivity contribution >= 4 is 18.3 Å². The van der Waals surface area contributed by atoms with E-state index in [2.05, 4.69) is 20.8 Å². The molecule has 1 aliphatic heterocycles. The molecule has 2 N–H and O–H groups in total. The number of amides is 1. The average Bonchev–Trinajstić information content (AvgIpc) is 3.10. The Hall–Kier alpha value is -1.99. The highest BCUT2D eigenvalue weighted by Gasteiger charge is 2.19. The summed E-state index contributed by atoms with van der Waals surface area (Å²) in [5.41, 5.74) is 0.856. The lowest BCUT2D eigenvalue weighted by Gasteiger charge is -2.08. The molecule has 2 heterocycles. The molecule has 0 radical (unpaired) electrons. The predicted octanol–water partition coefficient (Wildman–Crippen LogP) is 0.920. The molecule has 112 valence electrons. The highest BCUT2D eigenvalue weighted by molar-refractivity contribution is 5.92. The smallest absolute Gasteiger partial charge is 0.273 e. The molecule has 1 unspecified atom stereocenters. The number of benzene rings is 1. The van der Waals surface area contributed by atoms with Crippen LogP contribution in [-0.4, -0.2) is 40.0 Å². The SMILES string of the molecule is Cl.O=C(NC1CCNC1)c1cnn(-c2ccc(F)cc2)n1. The van der Waals surface area contributed by atoms with Crippen LogP contribution in [0.5, 0.6) is 0 Å². The second kappa shape index (κ2) is 6.64. The van der Waals surface area contributed by atoms with Gasteiger partial charge in [0.05, 0.1) is 11.9 Å². The minimum absolute atomic E-state index is 0. The molecule has 1 aliphatic rings. The molecule has 1 aromatic heterocycles. The van der Waals surface area contributed by atoms with Crippen LogP contribution in [0.2, 0.25) is 0 Å². The summed E-state index contributed by atoms with van der Waals surface area (Å²) in [5, 5.41) is 14.2. The van der Waals surface area contributed by atoms with Crippen LogP contribution in [0.4, 0.5) is 4.39 Å². The van der Waals surface area contributed by atoms with Crippen molar-refractivity contribution in [2.24, 2.45) is 0 Å². The Morgan fingerprint density at radius 2 is 2.14 bits per heavy atom. The lowest BCUT2D eigenvalue weighted by Crippen LogP contribution is -2.36. The van der Waals surface area contributed by atoms with Crippen LogP contribution in [0.25, 0.3) is 5.69 Å². The van der Waals surface area contributed by atoms with E-state index in [-0.39, 0.29) is 35.9 Å². The summed E-state index contributed by atoms with van der Waals surface area (Å²) in [6.45, 7) is 1.69. The Morgan fingerprint density at radius 3 is 2.81 bits per heavy atom. The molecule has 1 aromatic carbocycles. The Bertz CT molecular complexity index is 609. The molecular formula is C13H15ClFN5O. The molecule has 1 saturated heterocycles. The zero-order valence-electron chi connectivity index (χ0n) is 11.1. The van der Waals surface area contributed by atoms with Gasteiger partial charge in [0.15, 0.2) is 5.69 Å². The second-order valence-corrected chi connectivity index (χ2v) is 4.66. The van der Waals surface area contributed by atoms with Crippen molar-refractivity contribution in [2.45, 2.75) is 12.5 Å². The minimum atomic E-state index is -0.326. The lowest BCUT2D eigenvalue weighted by atomic mass is 10.2. The maximum Gasteiger partial charge on any atom is 0.273 e. The fraction of sp³-hybridized carbons (Fsp3) is 0.308. The van der Waals surface area contributed by atoms with Crippen LogP contribution in [0.15, 0.2) is 30.5 Å². The third-order valence-electron chi connectivity index (χ3n) is 3.18. The Morgan fingerprint density at radius 1 is 1.38 bits per heavy atom. The molecule has 21 heavy (non-hydrogen) atoms. The van der Waals surface area contributed by atoms with Gasteiger partial charge in [-0.15, -0.1) is 17.5 Å². The molecule has 0 bridgehead atoms. The maximum atomic E-state index is 12.8. The number of nitrogens with one attached hydrogen (secondary N) is 2. The second-order valence-electron chi connectivity index (χ2n) is 4.66. The van der Waals surface area contributed by atoms with Crippen LogP contribution in [0.3, 0.4) is 0 Å². The molecule has 0 saturated carbocycles. The van der Waals surface area contributed by atoms with E-state index in [9.17, 15) is 9.18 Å². The first-order chi connectivity index (χ1) is 9.72. The topological polar surface area (TPSA) is 71.8 Å². The van der Waals surface area contributed by atoms with Crippen LogP contribution in [-0.2, 0) is 0 Å². The van der Waals surface area contributed by atoms with E-state index in [0.717, 1.165) is 19.5 Å². The summed E-state index contributed by atoms with van der Waals surface area (Å²) < 4.78 is 12.8. The van der Waals surface area contributed by atoms with Gasteiger partial charge in [0.1, 0.15) is 5.82 Å². The number of hydrogen-bond donors (Lipinski definition) is 2. The molecule has 2 aromatic rings. The molecule has 1 amide bonds. The van der Waals surface area contributed by atoms with Crippen molar-refractivity contribution in [1.29, 1.82) is 0 Å². The van der Waals surface area contributed by atoms with Crippen molar-refractivity contribution < 1.29 is 9.18 Å². The summed E-state index contributed by atoms with van der Waals surface area (Å²) in [5.74, 6) is -0.570.